The van der Waals surface area contributed by atoms with Crippen LogP contribution in [0.15, 0.2) is 23.2 Å². The maximum Gasteiger partial charge on any atom is 0.262 e. The first-order chi connectivity index (χ1) is 12.6. The minimum atomic E-state index is -0.452. The number of rotatable bonds is 5. The summed E-state index contributed by atoms with van der Waals surface area (Å²) < 4.78 is 10.4. The second-order valence-electron chi connectivity index (χ2n) is 6.21. The summed E-state index contributed by atoms with van der Waals surface area (Å²) in [6.45, 7) is 1.87. The number of thioether (sulfide) groups is 1. The highest BCUT2D eigenvalue weighted by Crippen LogP contribution is 2.31. The molecule has 2 amide bonds. The zero-order valence-corrected chi connectivity index (χ0v) is 15.8. The number of nitrogens with zero attached hydrogens (tertiary/aromatic N) is 2. The molecule has 1 fully saturated rings. The largest absolute Gasteiger partial charge is 0.493 e. The van der Waals surface area contributed by atoms with Crippen LogP contribution in [-0.2, 0) is 9.59 Å². The molecule has 1 atom stereocenters. The number of benzene rings is 1. The van der Waals surface area contributed by atoms with Crippen molar-refractivity contribution in [1.29, 1.82) is 0 Å². The van der Waals surface area contributed by atoms with Gasteiger partial charge in [-0.2, -0.15) is 4.99 Å². The quantitative estimate of drug-likeness (QED) is 0.849. The Morgan fingerprint density at radius 2 is 1.96 bits per heavy atom. The van der Waals surface area contributed by atoms with E-state index in [2.05, 4.69) is 15.2 Å². The van der Waals surface area contributed by atoms with Gasteiger partial charge in [-0.05, 0) is 31.4 Å². The number of hydrogen-bond donors (Lipinski definition) is 1. The number of amides is 2. The molecular formula is C18H23N3O4S. The molecule has 2 aliphatic rings. The van der Waals surface area contributed by atoms with Crippen LogP contribution < -0.4 is 14.8 Å². The molecule has 3 rings (SSSR count). The SMILES string of the molecule is COc1ccc(NC(=O)C[C@H]2SC(N3CCCCC3)=NC2=O)cc1OC. The molecule has 1 aromatic carbocycles. The molecule has 0 aromatic heterocycles. The first-order valence-corrected chi connectivity index (χ1v) is 9.54. The Hall–Kier alpha value is -2.22. The molecular weight excluding hydrogens is 354 g/mol. The number of anilines is 1. The fourth-order valence-corrected chi connectivity index (χ4v) is 4.14. The lowest BCUT2D eigenvalue weighted by molar-refractivity contribution is -0.121. The summed E-state index contributed by atoms with van der Waals surface area (Å²) >= 11 is 1.40. The number of nitrogens with one attached hydrogen (secondary N) is 1. The highest BCUT2D eigenvalue weighted by Gasteiger charge is 2.33. The van der Waals surface area contributed by atoms with E-state index in [0.29, 0.717) is 17.2 Å². The number of amidine groups is 1. The van der Waals surface area contributed by atoms with Crippen LogP contribution in [-0.4, -0.2) is 54.4 Å². The van der Waals surface area contributed by atoms with Gasteiger partial charge >= 0.3 is 0 Å². The topological polar surface area (TPSA) is 80.2 Å². The van der Waals surface area contributed by atoms with Gasteiger partial charge in [0.15, 0.2) is 16.7 Å². The molecule has 140 valence electrons. The monoisotopic (exact) mass is 377 g/mol. The summed E-state index contributed by atoms with van der Waals surface area (Å²) in [7, 11) is 3.09. The van der Waals surface area contributed by atoms with Crippen LogP contribution in [0.3, 0.4) is 0 Å². The Morgan fingerprint density at radius 1 is 1.23 bits per heavy atom. The van der Waals surface area contributed by atoms with E-state index in [-0.39, 0.29) is 18.2 Å². The van der Waals surface area contributed by atoms with Gasteiger partial charge in [-0.15, -0.1) is 0 Å². The molecule has 0 spiro atoms. The maximum absolute atomic E-state index is 12.3. The molecule has 1 saturated heterocycles. The van der Waals surface area contributed by atoms with Crippen LogP contribution in [0.1, 0.15) is 25.7 Å². The third kappa shape index (κ3) is 4.30. The lowest BCUT2D eigenvalue weighted by Crippen LogP contribution is -2.33. The highest BCUT2D eigenvalue weighted by molar-refractivity contribution is 8.15. The van der Waals surface area contributed by atoms with Gasteiger partial charge in [-0.3, -0.25) is 9.59 Å². The Morgan fingerprint density at radius 3 is 2.65 bits per heavy atom. The van der Waals surface area contributed by atoms with E-state index in [0.717, 1.165) is 31.1 Å². The van der Waals surface area contributed by atoms with Crippen LogP contribution in [0.2, 0.25) is 0 Å². The normalized spacial score (nSPS) is 19.9. The zero-order chi connectivity index (χ0) is 18.5. The number of piperidine rings is 1. The van der Waals surface area contributed by atoms with Crippen molar-refractivity contribution in [3.05, 3.63) is 18.2 Å². The van der Waals surface area contributed by atoms with Crippen molar-refractivity contribution >= 4 is 34.4 Å². The molecule has 7 nitrogen and oxygen atoms in total. The Kier molecular flexibility index (Phi) is 6.03. The van der Waals surface area contributed by atoms with E-state index in [1.54, 1.807) is 25.3 Å². The minimum absolute atomic E-state index is 0.0959. The van der Waals surface area contributed by atoms with Crippen LogP contribution in [0.4, 0.5) is 5.69 Å². The standard InChI is InChI=1S/C18H23N3O4S/c1-24-13-7-6-12(10-14(13)25-2)19-16(22)11-15-17(23)20-18(26-15)21-8-4-3-5-9-21/h6-7,10,15H,3-5,8-9,11H2,1-2H3,(H,19,22)/t15-/m1/s1. The minimum Gasteiger partial charge on any atom is -0.493 e. The van der Waals surface area contributed by atoms with Crippen LogP contribution in [0, 0.1) is 0 Å². The first kappa shape index (κ1) is 18.6. The molecule has 1 aromatic rings. The van der Waals surface area contributed by atoms with Crippen LogP contribution >= 0.6 is 11.8 Å². The van der Waals surface area contributed by atoms with Gasteiger partial charge in [-0.1, -0.05) is 11.8 Å². The Balaban J connectivity index is 1.56. The van der Waals surface area contributed by atoms with E-state index in [4.69, 9.17) is 9.47 Å². The fourth-order valence-electron chi connectivity index (χ4n) is 3.02. The van der Waals surface area contributed by atoms with Crippen LogP contribution in [0.5, 0.6) is 11.5 Å². The van der Waals surface area contributed by atoms with Crippen molar-refractivity contribution in [3.63, 3.8) is 0 Å². The number of carbonyl (C=O) groups is 2. The third-order valence-corrected chi connectivity index (χ3v) is 5.61. The molecule has 0 radical (unpaired) electrons. The van der Waals surface area contributed by atoms with E-state index in [1.165, 1.54) is 25.3 Å². The molecule has 2 heterocycles. The average molecular weight is 377 g/mol. The van der Waals surface area contributed by atoms with Gasteiger partial charge in [-0.25, -0.2) is 0 Å². The number of carbonyl (C=O) groups excluding carboxylic acids is 2. The smallest absolute Gasteiger partial charge is 0.262 e. The summed E-state index contributed by atoms with van der Waals surface area (Å²) in [5, 5.41) is 3.12. The van der Waals surface area contributed by atoms with Crippen LogP contribution in [0.25, 0.3) is 0 Å². The van der Waals surface area contributed by atoms with Gasteiger partial charge in [0.25, 0.3) is 5.91 Å². The molecule has 2 aliphatic heterocycles. The fraction of sp³-hybridized carbons (Fsp3) is 0.500. The summed E-state index contributed by atoms with van der Waals surface area (Å²) in [5.41, 5.74) is 0.597. The molecule has 0 unspecified atom stereocenters. The summed E-state index contributed by atoms with van der Waals surface area (Å²) in [5.74, 6) is 0.676. The summed E-state index contributed by atoms with van der Waals surface area (Å²) in [4.78, 5) is 30.8. The van der Waals surface area contributed by atoms with E-state index in [9.17, 15) is 9.59 Å². The average Bonchev–Trinajstić information content (AvgIpc) is 3.02. The predicted molar refractivity (Wildman–Crippen MR) is 102 cm³/mol. The van der Waals surface area contributed by atoms with Crippen molar-refractivity contribution in [2.45, 2.75) is 30.9 Å². The number of ether oxygens (including phenoxy) is 2. The second-order valence-corrected chi connectivity index (χ2v) is 7.38. The van der Waals surface area contributed by atoms with E-state index in [1.807, 2.05) is 0 Å². The van der Waals surface area contributed by atoms with Gasteiger partial charge in [0, 0.05) is 31.3 Å². The van der Waals surface area contributed by atoms with Gasteiger partial charge < -0.3 is 19.7 Å². The van der Waals surface area contributed by atoms with Gasteiger partial charge in [0.2, 0.25) is 5.91 Å². The summed E-state index contributed by atoms with van der Waals surface area (Å²) in [6.07, 6.45) is 3.56. The van der Waals surface area contributed by atoms with Crippen molar-refractivity contribution < 1.29 is 19.1 Å². The molecule has 1 N–H and O–H groups in total. The number of aliphatic imine (C=N–C) groups is 1. The molecule has 0 aliphatic carbocycles. The molecule has 0 saturated carbocycles. The second kappa shape index (κ2) is 8.44. The number of methoxy groups -OCH3 is 2. The Labute approximate surface area is 157 Å². The van der Waals surface area contributed by atoms with Crippen molar-refractivity contribution in [3.8, 4) is 11.5 Å². The Bertz CT molecular complexity index is 716. The van der Waals surface area contributed by atoms with Crippen molar-refractivity contribution in [1.82, 2.24) is 4.90 Å². The lowest BCUT2D eigenvalue weighted by Gasteiger charge is -2.27. The molecule has 0 bridgehead atoms. The number of hydrogen-bond acceptors (Lipinski definition) is 6. The number of likely N-dealkylation sites (tertiary alicyclic amines) is 1. The lowest BCUT2D eigenvalue weighted by atomic mass is 10.1. The van der Waals surface area contributed by atoms with Crippen molar-refractivity contribution in [2.75, 3.05) is 32.6 Å². The first-order valence-electron chi connectivity index (χ1n) is 8.66. The van der Waals surface area contributed by atoms with Gasteiger partial charge in [0.05, 0.1) is 14.2 Å². The molecule has 26 heavy (non-hydrogen) atoms. The van der Waals surface area contributed by atoms with Crippen molar-refractivity contribution in [2.24, 2.45) is 4.99 Å². The zero-order valence-electron chi connectivity index (χ0n) is 15.0. The predicted octanol–water partition coefficient (Wildman–Crippen LogP) is 2.52. The molecule has 8 heteroatoms. The third-order valence-electron chi connectivity index (χ3n) is 4.39. The van der Waals surface area contributed by atoms with Gasteiger partial charge in [0.1, 0.15) is 5.25 Å². The maximum atomic E-state index is 12.3. The summed E-state index contributed by atoms with van der Waals surface area (Å²) in [6, 6.07) is 5.15. The van der Waals surface area contributed by atoms with E-state index >= 15 is 0 Å². The van der Waals surface area contributed by atoms with E-state index < -0.39 is 5.25 Å². The highest BCUT2D eigenvalue weighted by atomic mass is 32.2.